The molecule has 0 saturated carbocycles. The molecule has 0 N–H and O–H groups in total. The zero-order valence-corrected chi connectivity index (χ0v) is 17.7. The van der Waals surface area contributed by atoms with Crippen LogP contribution in [0.25, 0.3) is 0 Å². The number of benzene rings is 2. The number of carbonyl (C=O) groups excluding carboxylic acids is 2. The van der Waals surface area contributed by atoms with Crippen LogP contribution in [0, 0.1) is 5.92 Å². The smallest absolute Gasteiger partial charge is 0.342 e. The first kappa shape index (κ1) is 21.2. The summed E-state index contributed by atoms with van der Waals surface area (Å²) in [6.45, 7) is 1.18. The summed E-state index contributed by atoms with van der Waals surface area (Å²) in [7, 11) is 1.51. The van der Waals surface area contributed by atoms with Crippen molar-refractivity contribution in [3.05, 3.63) is 59.7 Å². The largest absolute Gasteiger partial charge is 0.496 e. The fraction of sp³-hybridized carbons (Fsp3) is 0.391. The molecule has 0 radical (unpaired) electrons. The van der Waals surface area contributed by atoms with Crippen LogP contribution in [0.5, 0.6) is 5.75 Å². The molecule has 5 nitrogen and oxygen atoms in total. The van der Waals surface area contributed by atoms with Crippen molar-refractivity contribution in [3.63, 3.8) is 0 Å². The summed E-state index contributed by atoms with van der Waals surface area (Å²) in [5, 5.41) is 0. The third-order valence-electron chi connectivity index (χ3n) is 5.29. The van der Waals surface area contributed by atoms with Crippen molar-refractivity contribution in [2.24, 2.45) is 5.92 Å². The van der Waals surface area contributed by atoms with E-state index in [4.69, 9.17) is 9.47 Å². The van der Waals surface area contributed by atoms with E-state index in [2.05, 4.69) is 24.3 Å². The molecule has 3 rings (SSSR count). The van der Waals surface area contributed by atoms with E-state index in [1.54, 1.807) is 28.8 Å². The molecule has 1 amide bonds. The normalized spacial score (nSPS) is 14.5. The molecule has 154 valence electrons. The van der Waals surface area contributed by atoms with Gasteiger partial charge in [-0.2, -0.15) is 0 Å². The maximum atomic E-state index is 12.5. The second-order valence-corrected chi connectivity index (χ2v) is 8.04. The highest BCUT2D eigenvalue weighted by Gasteiger charge is 2.24. The second-order valence-electron chi connectivity index (χ2n) is 7.16. The van der Waals surface area contributed by atoms with Crippen LogP contribution in [0.4, 0.5) is 0 Å². The van der Waals surface area contributed by atoms with Crippen molar-refractivity contribution in [1.29, 1.82) is 0 Å². The third kappa shape index (κ3) is 5.76. The van der Waals surface area contributed by atoms with Gasteiger partial charge in [-0.25, -0.2) is 4.79 Å². The summed E-state index contributed by atoms with van der Waals surface area (Å²) in [6.07, 6.45) is 4.94. The van der Waals surface area contributed by atoms with Crippen LogP contribution in [0.1, 0.15) is 28.8 Å². The summed E-state index contributed by atoms with van der Waals surface area (Å²) in [5.41, 5.74) is 1.67. The molecule has 6 heteroatoms. The monoisotopic (exact) mass is 413 g/mol. The molecule has 0 aliphatic carbocycles. The number of hydrogen-bond donors (Lipinski definition) is 0. The first-order valence-electron chi connectivity index (χ1n) is 9.81. The standard InChI is InChI=1S/C23H27NO4S/c1-27-21-15-19(29-2)8-9-20(21)23(26)28-16-22(25)24-12-10-18(11-13-24)14-17-6-4-3-5-7-17/h3-9,15,18H,10-14,16H2,1-2H3. The molecule has 1 aliphatic rings. The number of likely N-dealkylation sites (tertiary alicyclic amines) is 1. The Kier molecular flexibility index (Phi) is 7.58. The third-order valence-corrected chi connectivity index (χ3v) is 6.02. The Morgan fingerprint density at radius 1 is 1.10 bits per heavy atom. The number of rotatable bonds is 7. The van der Waals surface area contributed by atoms with Crippen LogP contribution in [-0.2, 0) is 16.0 Å². The first-order chi connectivity index (χ1) is 14.1. The van der Waals surface area contributed by atoms with Gasteiger partial charge >= 0.3 is 5.97 Å². The zero-order chi connectivity index (χ0) is 20.6. The van der Waals surface area contributed by atoms with Gasteiger partial charge in [0.05, 0.1) is 7.11 Å². The van der Waals surface area contributed by atoms with Gasteiger partial charge in [-0.15, -0.1) is 11.8 Å². The second kappa shape index (κ2) is 10.3. The number of carbonyl (C=O) groups is 2. The first-order valence-corrected chi connectivity index (χ1v) is 11.0. The van der Waals surface area contributed by atoms with Gasteiger partial charge in [0.1, 0.15) is 11.3 Å². The number of thioether (sulfide) groups is 1. The van der Waals surface area contributed by atoms with E-state index in [-0.39, 0.29) is 12.5 Å². The summed E-state index contributed by atoms with van der Waals surface area (Å²) < 4.78 is 10.5. The molecule has 0 spiro atoms. The van der Waals surface area contributed by atoms with Gasteiger partial charge in [-0.3, -0.25) is 4.79 Å². The molecule has 0 atom stereocenters. The fourth-order valence-corrected chi connectivity index (χ4v) is 4.03. The van der Waals surface area contributed by atoms with Crippen molar-refractivity contribution in [3.8, 4) is 5.75 Å². The maximum Gasteiger partial charge on any atom is 0.342 e. The minimum absolute atomic E-state index is 0.142. The van der Waals surface area contributed by atoms with E-state index in [0.29, 0.717) is 30.3 Å². The lowest BCUT2D eigenvalue weighted by Gasteiger charge is -2.32. The van der Waals surface area contributed by atoms with Gasteiger partial charge in [-0.05, 0) is 55.2 Å². The van der Waals surface area contributed by atoms with Crippen LogP contribution >= 0.6 is 11.8 Å². The van der Waals surface area contributed by atoms with E-state index in [9.17, 15) is 9.59 Å². The SMILES string of the molecule is COc1cc(SC)ccc1C(=O)OCC(=O)N1CCC(Cc2ccccc2)CC1. The maximum absolute atomic E-state index is 12.5. The molecule has 1 saturated heterocycles. The van der Waals surface area contributed by atoms with E-state index in [0.717, 1.165) is 24.2 Å². The van der Waals surface area contributed by atoms with Gasteiger partial charge in [0, 0.05) is 18.0 Å². The van der Waals surface area contributed by atoms with Crippen molar-refractivity contribution in [2.45, 2.75) is 24.2 Å². The summed E-state index contributed by atoms with van der Waals surface area (Å²) in [4.78, 5) is 27.6. The Labute approximate surface area is 176 Å². The fourth-order valence-electron chi connectivity index (χ4n) is 3.60. The van der Waals surface area contributed by atoms with Gasteiger partial charge in [0.25, 0.3) is 5.91 Å². The lowest BCUT2D eigenvalue weighted by atomic mass is 9.90. The molecule has 2 aromatic carbocycles. The Morgan fingerprint density at radius 3 is 2.48 bits per heavy atom. The molecular weight excluding hydrogens is 386 g/mol. The molecular formula is C23H27NO4S. The topological polar surface area (TPSA) is 55.8 Å². The van der Waals surface area contributed by atoms with Crippen LogP contribution in [0.2, 0.25) is 0 Å². The number of hydrogen-bond acceptors (Lipinski definition) is 5. The van der Waals surface area contributed by atoms with Crippen molar-refractivity contribution in [2.75, 3.05) is 33.1 Å². The number of ether oxygens (including phenoxy) is 2. The highest BCUT2D eigenvalue weighted by Crippen LogP contribution is 2.26. The average Bonchev–Trinajstić information content (AvgIpc) is 2.78. The minimum atomic E-state index is -0.540. The Morgan fingerprint density at radius 2 is 1.83 bits per heavy atom. The number of methoxy groups -OCH3 is 1. The highest BCUT2D eigenvalue weighted by molar-refractivity contribution is 7.98. The van der Waals surface area contributed by atoms with Crippen LogP contribution < -0.4 is 4.74 Å². The summed E-state index contributed by atoms with van der Waals surface area (Å²) in [6, 6.07) is 15.8. The van der Waals surface area contributed by atoms with Gasteiger partial charge in [-0.1, -0.05) is 30.3 Å². The number of amides is 1. The van der Waals surface area contributed by atoms with Crippen LogP contribution in [0.15, 0.2) is 53.4 Å². The molecule has 1 fully saturated rings. The zero-order valence-electron chi connectivity index (χ0n) is 16.9. The predicted octanol–water partition coefficient (Wildman–Crippen LogP) is 4.06. The highest BCUT2D eigenvalue weighted by atomic mass is 32.2. The summed E-state index contributed by atoms with van der Waals surface area (Å²) >= 11 is 1.56. The van der Waals surface area contributed by atoms with Crippen molar-refractivity contribution >= 4 is 23.6 Å². The van der Waals surface area contributed by atoms with E-state index in [1.165, 1.54) is 12.7 Å². The average molecular weight is 414 g/mol. The van der Waals surface area contributed by atoms with E-state index in [1.807, 2.05) is 18.4 Å². The minimum Gasteiger partial charge on any atom is -0.496 e. The van der Waals surface area contributed by atoms with Crippen LogP contribution in [0.3, 0.4) is 0 Å². The molecule has 2 aromatic rings. The Hall–Kier alpha value is -2.47. The molecule has 0 unspecified atom stereocenters. The molecule has 1 heterocycles. The van der Waals surface area contributed by atoms with Crippen LogP contribution in [-0.4, -0.2) is 49.8 Å². The lowest BCUT2D eigenvalue weighted by Crippen LogP contribution is -2.41. The van der Waals surface area contributed by atoms with Gasteiger partial charge in [0.15, 0.2) is 6.61 Å². The van der Waals surface area contributed by atoms with E-state index < -0.39 is 5.97 Å². The molecule has 0 aromatic heterocycles. The molecule has 29 heavy (non-hydrogen) atoms. The molecule has 0 bridgehead atoms. The molecule has 1 aliphatic heterocycles. The Balaban J connectivity index is 1.47. The van der Waals surface area contributed by atoms with Gasteiger partial charge < -0.3 is 14.4 Å². The lowest BCUT2D eigenvalue weighted by molar-refractivity contribution is -0.135. The van der Waals surface area contributed by atoms with Crippen molar-refractivity contribution in [1.82, 2.24) is 4.90 Å². The number of esters is 1. The predicted molar refractivity (Wildman–Crippen MR) is 115 cm³/mol. The van der Waals surface area contributed by atoms with Crippen molar-refractivity contribution < 1.29 is 19.1 Å². The van der Waals surface area contributed by atoms with E-state index >= 15 is 0 Å². The summed E-state index contributed by atoms with van der Waals surface area (Å²) in [5.74, 6) is 0.359. The number of piperidine rings is 1. The quantitative estimate of drug-likeness (QED) is 0.506. The van der Waals surface area contributed by atoms with Gasteiger partial charge in [0.2, 0.25) is 0 Å². The Bertz CT molecular complexity index is 832. The number of nitrogens with zero attached hydrogens (tertiary/aromatic N) is 1.